The van der Waals surface area contributed by atoms with Crippen molar-refractivity contribution in [2.75, 3.05) is 13.1 Å². The summed E-state index contributed by atoms with van der Waals surface area (Å²) in [6, 6.07) is 16.7. The predicted octanol–water partition coefficient (Wildman–Crippen LogP) is 3.21. The summed E-state index contributed by atoms with van der Waals surface area (Å²) in [6.07, 6.45) is 3.05. The summed E-state index contributed by atoms with van der Waals surface area (Å²) in [6.45, 7) is 1.10. The summed E-state index contributed by atoms with van der Waals surface area (Å²) in [5, 5.41) is 6.69. The highest BCUT2D eigenvalue weighted by Crippen LogP contribution is 2.25. The molecule has 0 aliphatic carbocycles. The molecule has 0 spiro atoms. The van der Waals surface area contributed by atoms with Crippen LogP contribution >= 0.6 is 0 Å². The zero-order valence-corrected chi connectivity index (χ0v) is 14.8. The molecule has 1 aromatic heterocycles. The average Bonchev–Trinajstić information content (AvgIpc) is 3.28. The summed E-state index contributed by atoms with van der Waals surface area (Å²) < 4.78 is 0. The van der Waals surface area contributed by atoms with Crippen LogP contribution in [0.5, 0.6) is 0 Å². The summed E-state index contributed by atoms with van der Waals surface area (Å²) >= 11 is 0. The first-order valence-corrected chi connectivity index (χ1v) is 9.07. The molecule has 0 unspecified atom stereocenters. The zero-order valence-electron chi connectivity index (χ0n) is 14.8. The van der Waals surface area contributed by atoms with Gasteiger partial charge < -0.3 is 4.90 Å². The third kappa shape index (κ3) is 3.51. The highest BCUT2D eigenvalue weighted by Gasteiger charge is 2.30. The van der Waals surface area contributed by atoms with Gasteiger partial charge in [-0.15, -0.1) is 0 Å². The van der Waals surface area contributed by atoms with Crippen LogP contribution in [0.25, 0.3) is 11.4 Å². The van der Waals surface area contributed by atoms with Gasteiger partial charge in [-0.2, -0.15) is 5.10 Å². The molecule has 0 saturated carbocycles. The highest BCUT2D eigenvalue weighted by atomic mass is 16.2. The number of benzene rings is 2. The monoisotopic (exact) mass is 360 g/mol. The van der Waals surface area contributed by atoms with Gasteiger partial charge in [0, 0.05) is 30.1 Å². The zero-order chi connectivity index (χ0) is 18.6. The summed E-state index contributed by atoms with van der Waals surface area (Å²) in [7, 11) is 0. The molecular weight excluding hydrogens is 340 g/mol. The maximum Gasteiger partial charge on any atom is 0.254 e. The minimum absolute atomic E-state index is 0.0763. The van der Waals surface area contributed by atoms with E-state index in [9.17, 15) is 9.59 Å². The second-order valence-corrected chi connectivity index (χ2v) is 6.70. The van der Waals surface area contributed by atoms with E-state index in [1.807, 2.05) is 48.5 Å². The number of hydrogen-bond acceptors (Lipinski definition) is 4. The third-order valence-electron chi connectivity index (χ3n) is 4.97. The third-order valence-corrected chi connectivity index (χ3v) is 4.97. The second-order valence-electron chi connectivity index (χ2n) is 6.70. The van der Waals surface area contributed by atoms with Gasteiger partial charge in [0.15, 0.2) is 11.6 Å². The molecule has 27 heavy (non-hydrogen) atoms. The number of likely N-dealkylation sites (tertiary alicyclic amines) is 1. The normalized spacial score (nSPS) is 16.9. The molecule has 1 atom stereocenters. The number of H-pyrrole nitrogens is 1. The molecule has 1 N–H and O–H groups in total. The molecular formula is C21H20N4O2. The van der Waals surface area contributed by atoms with Crippen molar-refractivity contribution in [1.29, 1.82) is 0 Å². The summed E-state index contributed by atoms with van der Waals surface area (Å²) in [5.41, 5.74) is 2.00. The van der Waals surface area contributed by atoms with Crippen molar-refractivity contribution >= 4 is 11.7 Å². The Morgan fingerprint density at radius 2 is 1.81 bits per heavy atom. The van der Waals surface area contributed by atoms with Crippen molar-refractivity contribution < 1.29 is 9.59 Å². The van der Waals surface area contributed by atoms with Crippen LogP contribution in [0, 0.1) is 5.92 Å². The van der Waals surface area contributed by atoms with E-state index in [1.165, 1.54) is 6.33 Å². The fourth-order valence-corrected chi connectivity index (χ4v) is 3.60. The Labute approximate surface area is 157 Å². The first-order valence-electron chi connectivity index (χ1n) is 9.07. The van der Waals surface area contributed by atoms with Crippen molar-refractivity contribution in [3.63, 3.8) is 0 Å². The van der Waals surface area contributed by atoms with Crippen molar-refractivity contribution in [2.45, 2.75) is 12.8 Å². The number of nitrogens with one attached hydrogen (secondary N) is 1. The Morgan fingerprint density at radius 3 is 2.59 bits per heavy atom. The van der Waals surface area contributed by atoms with E-state index in [2.05, 4.69) is 15.2 Å². The maximum absolute atomic E-state index is 13.2. The Balaban J connectivity index is 1.56. The standard InChI is InChI=1S/C21H20N4O2/c26-19(15-7-2-1-3-8-15)16-9-6-12-25(13-16)21(27)18-11-5-4-10-17(18)20-22-14-23-24-20/h1-5,7-8,10-11,14,16H,6,9,12-13H2,(H,22,23,24)/t16-/m0/s1. The number of carbonyl (C=O) groups excluding carboxylic acids is 2. The number of hydrogen-bond donors (Lipinski definition) is 1. The van der Waals surface area contributed by atoms with Gasteiger partial charge in [0.05, 0.1) is 5.56 Å². The van der Waals surface area contributed by atoms with Gasteiger partial charge in [-0.05, 0) is 18.9 Å². The minimum Gasteiger partial charge on any atom is -0.338 e. The van der Waals surface area contributed by atoms with E-state index in [4.69, 9.17) is 0 Å². The molecule has 1 fully saturated rings. The molecule has 6 heteroatoms. The van der Waals surface area contributed by atoms with Crippen LogP contribution in [-0.2, 0) is 0 Å². The van der Waals surface area contributed by atoms with E-state index < -0.39 is 0 Å². The Morgan fingerprint density at radius 1 is 1.04 bits per heavy atom. The van der Waals surface area contributed by atoms with E-state index in [-0.39, 0.29) is 17.6 Å². The van der Waals surface area contributed by atoms with Crippen LogP contribution in [0.4, 0.5) is 0 Å². The molecule has 0 bridgehead atoms. The molecule has 3 aromatic rings. The van der Waals surface area contributed by atoms with E-state index in [0.29, 0.717) is 30.0 Å². The van der Waals surface area contributed by atoms with Crippen LogP contribution in [0.3, 0.4) is 0 Å². The molecule has 2 aromatic carbocycles. The maximum atomic E-state index is 13.2. The van der Waals surface area contributed by atoms with Crippen LogP contribution in [0.1, 0.15) is 33.6 Å². The fraction of sp³-hybridized carbons (Fsp3) is 0.238. The number of amides is 1. The first kappa shape index (κ1) is 17.1. The van der Waals surface area contributed by atoms with Gasteiger partial charge in [0.2, 0.25) is 0 Å². The number of piperidine rings is 1. The number of aromatic amines is 1. The number of ketones is 1. The lowest BCUT2D eigenvalue weighted by Crippen LogP contribution is -2.42. The molecule has 136 valence electrons. The van der Waals surface area contributed by atoms with Crippen molar-refractivity contribution in [3.05, 3.63) is 72.1 Å². The average molecular weight is 360 g/mol. The van der Waals surface area contributed by atoms with Gasteiger partial charge >= 0.3 is 0 Å². The fourth-order valence-electron chi connectivity index (χ4n) is 3.60. The lowest BCUT2D eigenvalue weighted by atomic mass is 9.89. The topological polar surface area (TPSA) is 79.0 Å². The van der Waals surface area contributed by atoms with Gasteiger partial charge in [0.25, 0.3) is 5.91 Å². The van der Waals surface area contributed by atoms with E-state index >= 15 is 0 Å². The van der Waals surface area contributed by atoms with E-state index in [0.717, 1.165) is 18.4 Å². The van der Waals surface area contributed by atoms with Crippen molar-refractivity contribution in [2.24, 2.45) is 5.92 Å². The highest BCUT2D eigenvalue weighted by molar-refractivity contribution is 6.01. The van der Waals surface area contributed by atoms with Gasteiger partial charge in [-0.25, -0.2) is 4.98 Å². The minimum atomic E-state index is -0.164. The number of rotatable bonds is 4. The van der Waals surface area contributed by atoms with Crippen LogP contribution in [0.15, 0.2) is 60.9 Å². The van der Waals surface area contributed by atoms with Crippen LogP contribution in [-0.4, -0.2) is 44.9 Å². The van der Waals surface area contributed by atoms with Crippen molar-refractivity contribution in [3.8, 4) is 11.4 Å². The van der Waals surface area contributed by atoms with E-state index in [1.54, 1.807) is 11.0 Å². The van der Waals surface area contributed by atoms with Gasteiger partial charge in [-0.3, -0.25) is 14.7 Å². The molecule has 1 aliphatic rings. The first-order chi connectivity index (χ1) is 13.2. The van der Waals surface area contributed by atoms with Crippen LogP contribution in [0.2, 0.25) is 0 Å². The summed E-state index contributed by atoms with van der Waals surface area (Å²) in [5.74, 6) is 0.430. The largest absolute Gasteiger partial charge is 0.338 e. The number of aromatic nitrogens is 3. The Hall–Kier alpha value is -3.28. The van der Waals surface area contributed by atoms with Gasteiger partial charge in [0.1, 0.15) is 6.33 Å². The predicted molar refractivity (Wildman–Crippen MR) is 101 cm³/mol. The quantitative estimate of drug-likeness (QED) is 0.725. The number of Topliss-reactive ketones (excluding diaryl/α,β-unsaturated/α-hetero) is 1. The number of carbonyl (C=O) groups is 2. The lowest BCUT2D eigenvalue weighted by molar-refractivity contribution is 0.0637. The molecule has 1 aliphatic heterocycles. The Kier molecular flexibility index (Phi) is 4.78. The molecule has 1 saturated heterocycles. The molecule has 1 amide bonds. The SMILES string of the molecule is O=C(c1ccccc1)[C@H]1CCCN(C(=O)c2ccccc2-c2ncn[nH]2)C1. The smallest absolute Gasteiger partial charge is 0.254 e. The van der Waals surface area contributed by atoms with Crippen LogP contribution < -0.4 is 0 Å². The lowest BCUT2D eigenvalue weighted by Gasteiger charge is -2.32. The van der Waals surface area contributed by atoms with Crippen molar-refractivity contribution in [1.82, 2.24) is 20.1 Å². The number of nitrogens with zero attached hydrogens (tertiary/aromatic N) is 3. The molecule has 0 radical (unpaired) electrons. The molecule has 2 heterocycles. The Bertz CT molecular complexity index is 938. The molecule has 4 rings (SSSR count). The summed E-state index contributed by atoms with van der Waals surface area (Å²) in [4.78, 5) is 31.9. The van der Waals surface area contributed by atoms with Gasteiger partial charge in [-0.1, -0.05) is 48.5 Å². The molecule has 6 nitrogen and oxygen atoms in total. The second kappa shape index (κ2) is 7.53.